The monoisotopic (exact) mass is 291 g/mol. The van der Waals surface area contributed by atoms with Crippen LogP contribution >= 0.6 is 11.6 Å². The zero-order valence-electron chi connectivity index (χ0n) is 11.7. The minimum Gasteiger partial charge on any atom is -0.493 e. The number of halogens is 1. The molecule has 0 radical (unpaired) electrons. The molecule has 2 aromatic rings. The zero-order valence-corrected chi connectivity index (χ0v) is 12.4. The third kappa shape index (κ3) is 3.36. The smallest absolute Gasteiger partial charge is 0.161 e. The van der Waals surface area contributed by atoms with E-state index in [4.69, 9.17) is 21.1 Å². The molecule has 3 nitrogen and oxygen atoms in total. The molecular weight excluding hydrogens is 274 g/mol. The fourth-order valence-corrected chi connectivity index (χ4v) is 2.23. The van der Waals surface area contributed by atoms with Crippen LogP contribution in [-0.2, 0) is 12.4 Å². The van der Waals surface area contributed by atoms with Gasteiger partial charge < -0.3 is 14.8 Å². The molecule has 2 rings (SSSR count). The minimum absolute atomic E-state index is 0.495. The average molecular weight is 292 g/mol. The highest BCUT2D eigenvalue weighted by molar-refractivity contribution is 6.17. The summed E-state index contributed by atoms with van der Waals surface area (Å²) in [6, 6.07) is 13.9. The molecule has 0 saturated heterocycles. The maximum Gasteiger partial charge on any atom is 0.161 e. The van der Waals surface area contributed by atoms with Crippen molar-refractivity contribution in [2.75, 3.05) is 19.5 Å². The van der Waals surface area contributed by atoms with Crippen LogP contribution in [0.1, 0.15) is 11.1 Å². The first kappa shape index (κ1) is 14.5. The van der Waals surface area contributed by atoms with Gasteiger partial charge in [-0.25, -0.2) is 0 Å². The summed E-state index contributed by atoms with van der Waals surface area (Å²) in [5.74, 6) is 1.96. The van der Waals surface area contributed by atoms with Crippen LogP contribution in [0.5, 0.6) is 11.5 Å². The highest BCUT2D eigenvalue weighted by Gasteiger charge is 2.05. The van der Waals surface area contributed by atoms with Crippen LogP contribution in [0, 0.1) is 0 Å². The first-order valence-corrected chi connectivity index (χ1v) is 6.90. The Hall–Kier alpha value is -1.87. The zero-order chi connectivity index (χ0) is 14.4. The van der Waals surface area contributed by atoms with Crippen molar-refractivity contribution in [1.29, 1.82) is 0 Å². The Morgan fingerprint density at radius 1 is 1.00 bits per heavy atom. The highest BCUT2D eigenvalue weighted by atomic mass is 35.5. The van der Waals surface area contributed by atoms with Crippen molar-refractivity contribution in [3.8, 4) is 11.5 Å². The van der Waals surface area contributed by atoms with Crippen LogP contribution in [0.4, 0.5) is 5.69 Å². The van der Waals surface area contributed by atoms with E-state index in [1.165, 1.54) is 0 Å². The largest absolute Gasteiger partial charge is 0.493 e. The molecule has 0 aliphatic heterocycles. The molecule has 106 valence electrons. The van der Waals surface area contributed by atoms with E-state index in [9.17, 15) is 0 Å². The Balaban J connectivity index is 2.11. The van der Waals surface area contributed by atoms with Crippen molar-refractivity contribution in [1.82, 2.24) is 0 Å². The van der Waals surface area contributed by atoms with Gasteiger partial charge in [-0.05, 0) is 29.3 Å². The molecular formula is C16H18ClNO2. The van der Waals surface area contributed by atoms with E-state index in [1.54, 1.807) is 14.2 Å². The maximum atomic E-state index is 5.92. The summed E-state index contributed by atoms with van der Waals surface area (Å²) in [6.07, 6.45) is 0. The summed E-state index contributed by atoms with van der Waals surface area (Å²) >= 11 is 5.92. The Morgan fingerprint density at radius 3 is 2.45 bits per heavy atom. The van der Waals surface area contributed by atoms with Crippen LogP contribution in [0.2, 0.25) is 0 Å². The molecule has 2 aromatic carbocycles. The number of methoxy groups -OCH3 is 2. The minimum atomic E-state index is 0.495. The molecule has 0 fully saturated rings. The second-order valence-corrected chi connectivity index (χ2v) is 4.60. The average Bonchev–Trinajstić information content (AvgIpc) is 2.52. The van der Waals surface area contributed by atoms with E-state index in [0.29, 0.717) is 12.4 Å². The van der Waals surface area contributed by atoms with Gasteiger partial charge in [0.05, 0.1) is 14.2 Å². The van der Waals surface area contributed by atoms with Crippen molar-refractivity contribution in [3.63, 3.8) is 0 Å². The first-order valence-electron chi connectivity index (χ1n) is 6.37. The summed E-state index contributed by atoms with van der Waals surface area (Å²) < 4.78 is 10.5. The molecule has 1 N–H and O–H groups in total. The van der Waals surface area contributed by atoms with Crippen molar-refractivity contribution in [2.45, 2.75) is 12.4 Å². The van der Waals surface area contributed by atoms with E-state index in [1.807, 2.05) is 42.5 Å². The third-order valence-electron chi connectivity index (χ3n) is 3.09. The molecule has 0 aliphatic carbocycles. The van der Waals surface area contributed by atoms with Gasteiger partial charge >= 0.3 is 0 Å². The lowest BCUT2D eigenvalue weighted by molar-refractivity contribution is 0.354. The Kier molecular flexibility index (Phi) is 5.13. The van der Waals surface area contributed by atoms with Gasteiger partial charge in [-0.15, -0.1) is 11.6 Å². The summed E-state index contributed by atoms with van der Waals surface area (Å²) in [5.41, 5.74) is 3.26. The van der Waals surface area contributed by atoms with Crippen molar-refractivity contribution in [2.24, 2.45) is 0 Å². The van der Waals surface area contributed by atoms with Crippen LogP contribution in [0.25, 0.3) is 0 Å². The number of ether oxygens (including phenoxy) is 2. The Labute approximate surface area is 124 Å². The standard InChI is InChI=1S/C16H18ClNO2/c1-19-15-8-7-12(9-16(15)20-2)11-18-14-6-4-3-5-13(14)10-17/h3-9,18H,10-11H2,1-2H3. The highest BCUT2D eigenvalue weighted by Crippen LogP contribution is 2.28. The van der Waals surface area contributed by atoms with Crippen LogP contribution < -0.4 is 14.8 Å². The topological polar surface area (TPSA) is 30.5 Å². The first-order chi connectivity index (χ1) is 9.78. The fraction of sp³-hybridized carbons (Fsp3) is 0.250. The number of alkyl halides is 1. The Bertz CT molecular complexity index is 572. The molecule has 0 heterocycles. The number of nitrogens with one attached hydrogen (secondary N) is 1. The van der Waals surface area contributed by atoms with Gasteiger partial charge in [0.1, 0.15) is 0 Å². The summed E-state index contributed by atoms with van der Waals surface area (Å²) in [6.45, 7) is 0.703. The molecule has 0 spiro atoms. The van der Waals surface area contributed by atoms with Crippen LogP contribution in [0.3, 0.4) is 0 Å². The van der Waals surface area contributed by atoms with Crippen LogP contribution in [0.15, 0.2) is 42.5 Å². The SMILES string of the molecule is COc1ccc(CNc2ccccc2CCl)cc1OC. The van der Waals surface area contributed by atoms with Gasteiger partial charge in [-0.1, -0.05) is 24.3 Å². The molecule has 0 saturated carbocycles. The van der Waals surface area contributed by atoms with Gasteiger partial charge in [0.15, 0.2) is 11.5 Å². The van der Waals surface area contributed by atoms with E-state index >= 15 is 0 Å². The molecule has 4 heteroatoms. The van der Waals surface area contributed by atoms with E-state index in [-0.39, 0.29) is 0 Å². The predicted molar refractivity (Wildman–Crippen MR) is 82.9 cm³/mol. The lowest BCUT2D eigenvalue weighted by Crippen LogP contribution is -2.02. The van der Waals surface area contributed by atoms with Crippen LogP contribution in [-0.4, -0.2) is 14.2 Å². The van der Waals surface area contributed by atoms with E-state index in [0.717, 1.165) is 28.3 Å². The number of hydrogen-bond acceptors (Lipinski definition) is 3. The van der Waals surface area contributed by atoms with Crippen molar-refractivity contribution < 1.29 is 9.47 Å². The number of para-hydroxylation sites is 1. The van der Waals surface area contributed by atoms with E-state index < -0.39 is 0 Å². The van der Waals surface area contributed by atoms with E-state index in [2.05, 4.69) is 5.32 Å². The summed E-state index contributed by atoms with van der Waals surface area (Å²) in [5, 5.41) is 3.39. The van der Waals surface area contributed by atoms with Gasteiger partial charge in [-0.3, -0.25) is 0 Å². The number of hydrogen-bond donors (Lipinski definition) is 1. The van der Waals surface area contributed by atoms with Crippen molar-refractivity contribution >= 4 is 17.3 Å². The lowest BCUT2D eigenvalue weighted by atomic mass is 10.1. The van der Waals surface area contributed by atoms with Gasteiger partial charge in [0.2, 0.25) is 0 Å². The molecule has 0 bridgehead atoms. The number of benzene rings is 2. The summed E-state index contributed by atoms with van der Waals surface area (Å²) in [4.78, 5) is 0. The molecule has 0 aromatic heterocycles. The second-order valence-electron chi connectivity index (χ2n) is 4.33. The molecule has 0 aliphatic rings. The fourth-order valence-electron chi connectivity index (χ4n) is 2.00. The van der Waals surface area contributed by atoms with Gasteiger partial charge in [0, 0.05) is 18.1 Å². The second kappa shape index (κ2) is 7.06. The summed E-state index contributed by atoms with van der Waals surface area (Å²) in [7, 11) is 3.27. The quantitative estimate of drug-likeness (QED) is 0.814. The van der Waals surface area contributed by atoms with Gasteiger partial charge in [0.25, 0.3) is 0 Å². The van der Waals surface area contributed by atoms with Gasteiger partial charge in [-0.2, -0.15) is 0 Å². The molecule has 0 amide bonds. The molecule has 20 heavy (non-hydrogen) atoms. The number of anilines is 1. The maximum absolute atomic E-state index is 5.92. The molecule has 0 atom stereocenters. The predicted octanol–water partition coefficient (Wildman–Crippen LogP) is 4.05. The Morgan fingerprint density at radius 2 is 1.75 bits per heavy atom. The third-order valence-corrected chi connectivity index (χ3v) is 3.38. The van der Waals surface area contributed by atoms with Crippen molar-refractivity contribution in [3.05, 3.63) is 53.6 Å². The normalized spacial score (nSPS) is 10.2. The lowest BCUT2D eigenvalue weighted by Gasteiger charge is -2.12. The number of rotatable bonds is 6. The molecule has 0 unspecified atom stereocenters.